The van der Waals surface area contributed by atoms with Crippen LogP contribution in [0.3, 0.4) is 0 Å². The molecule has 0 saturated carbocycles. The molecule has 0 fully saturated rings. The van der Waals surface area contributed by atoms with E-state index in [2.05, 4.69) is 16.6 Å². The second kappa shape index (κ2) is 3.97. The van der Waals surface area contributed by atoms with E-state index in [0.29, 0.717) is 0 Å². The zero-order valence-electron chi connectivity index (χ0n) is 6.90. The van der Waals surface area contributed by atoms with Crippen LogP contribution in [-0.4, -0.2) is 18.2 Å². The largest absolute Gasteiger partial charge is 0.463 e. The fourth-order valence-corrected chi connectivity index (χ4v) is 0.552. The van der Waals surface area contributed by atoms with Crippen molar-refractivity contribution in [3.05, 3.63) is 0 Å². The van der Waals surface area contributed by atoms with E-state index in [0.717, 1.165) is 6.92 Å². The Morgan fingerprint density at radius 2 is 2.27 bits per heavy atom. The van der Waals surface area contributed by atoms with Crippen LogP contribution in [0.15, 0.2) is 0 Å². The van der Waals surface area contributed by atoms with Crippen LogP contribution in [0.1, 0.15) is 20.8 Å². The zero-order chi connectivity index (χ0) is 8.91. The maximum Gasteiger partial charge on any atom is 0.356 e. The Hall–Kier alpha value is -1.04. The van der Waals surface area contributed by atoms with Crippen LogP contribution in [-0.2, 0) is 9.53 Å². The lowest BCUT2D eigenvalue weighted by Gasteiger charge is -2.10. The summed E-state index contributed by atoms with van der Waals surface area (Å²) in [4.78, 5) is 10.8. The first-order chi connectivity index (χ1) is 5.04. The molecule has 3 heteroatoms. The Balaban J connectivity index is 4.25. The fraction of sp³-hybridized carbons (Fsp3) is 0.625. The molecule has 11 heavy (non-hydrogen) atoms. The molecule has 0 rings (SSSR count). The van der Waals surface area contributed by atoms with Crippen molar-refractivity contribution < 1.29 is 13.9 Å². The zero-order valence-corrected chi connectivity index (χ0v) is 6.90. The summed E-state index contributed by atoms with van der Waals surface area (Å²) >= 11 is 0. The molecule has 0 bridgehead atoms. The summed E-state index contributed by atoms with van der Waals surface area (Å²) in [5.74, 6) is 3.51. The summed E-state index contributed by atoms with van der Waals surface area (Å²) in [6.45, 7) is 4.34. The molecule has 0 aromatic rings. The van der Waals surface area contributed by atoms with E-state index in [1.54, 1.807) is 6.92 Å². The van der Waals surface area contributed by atoms with E-state index in [-0.39, 0.29) is 6.61 Å². The molecule has 0 aromatic carbocycles. The maximum absolute atomic E-state index is 13.0. The van der Waals surface area contributed by atoms with Crippen molar-refractivity contribution in [2.45, 2.75) is 26.4 Å². The van der Waals surface area contributed by atoms with Crippen molar-refractivity contribution in [1.82, 2.24) is 0 Å². The second-order valence-electron chi connectivity index (χ2n) is 2.10. The Morgan fingerprint density at radius 1 is 1.73 bits per heavy atom. The van der Waals surface area contributed by atoms with Gasteiger partial charge in [0.05, 0.1) is 6.61 Å². The minimum absolute atomic E-state index is 0.170. The predicted molar refractivity (Wildman–Crippen MR) is 39.6 cm³/mol. The average Bonchev–Trinajstić information content (AvgIpc) is 1.88. The van der Waals surface area contributed by atoms with Gasteiger partial charge in [0.15, 0.2) is 0 Å². The molecule has 0 radical (unpaired) electrons. The number of carbonyl (C=O) groups is 1. The van der Waals surface area contributed by atoms with Gasteiger partial charge in [0.2, 0.25) is 0 Å². The molecule has 0 aliphatic rings. The van der Waals surface area contributed by atoms with Gasteiger partial charge in [-0.3, -0.25) is 0 Å². The highest BCUT2D eigenvalue weighted by atomic mass is 19.1. The molecular weight excluding hydrogens is 147 g/mol. The van der Waals surface area contributed by atoms with Crippen LogP contribution >= 0.6 is 0 Å². The van der Waals surface area contributed by atoms with Crippen LogP contribution in [0.4, 0.5) is 4.39 Å². The highest BCUT2D eigenvalue weighted by molar-refractivity contribution is 5.82. The van der Waals surface area contributed by atoms with E-state index in [1.807, 2.05) is 0 Å². The van der Waals surface area contributed by atoms with Gasteiger partial charge in [0, 0.05) is 0 Å². The number of alkyl halides is 1. The number of carbonyl (C=O) groups excluding carboxylic acids is 1. The van der Waals surface area contributed by atoms with Crippen molar-refractivity contribution in [2.75, 3.05) is 6.61 Å². The molecule has 0 spiro atoms. The number of rotatable bonds is 2. The van der Waals surface area contributed by atoms with Gasteiger partial charge in [-0.2, -0.15) is 0 Å². The van der Waals surface area contributed by atoms with Crippen LogP contribution in [0, 0.1) is 11.8 Å². The maximum atomic E-state index is 13.0. The van der Waals surface area contributed by atoms with Crippen LogP contribution < -0.4 is 0 Å². The molecule has 0 saturated heterocycles. The lowest BCUT2D eigenvalue weighted by Crippen LogP contribution is -2.30. The Bertz CT molecular complexity index is 198. The number of ether oxygens (including phenoxy) is 1. The van der Waals surface area contributed by atoms with Crippen molar-refractivity contribution in [3.8, 4) is 11.8 Å². The Labute approximate surface area is 65.7 Å². The highest BCUT2D eigenvalue weighted by Gasteiger charge is 2.31. The molecule has 2 nitrogen and oxygen atoms in total. The minimum atomic E-state index is -2.16. The van der Waals surface area contributed by atoms with Crippen molar-refractivity contribution in [1.29, 1.82) is 0 Å². The third-order valence-electron chi connectivity index (χ3n) is 1.02. The molecular formula is C8H11FO2. The van der Waals surface area contributed by atoms with Gasteiger partial charge in [0.25, 0.3) is 5.67 Å². The number of hydrogen-bond donors (Lipinski definition) is 0. The third kappa shape index (κ3) is 3.03. The summed E-state index contributed by atoms with van der Waals surface area (Å²) in [6.07, 6.45) is 0. The van der Waals surface area contributed by atoms with E-state index in [4.69, 9.17) is 0 Å². The SMILES string of the molecule is CC#CC(C)(F)C(=O)OCC. The molecule has 1 atom stereocenters. The first-order valence-electron chi connectivity index (χ1n) is 3.34. The van der Waals surface area contributed by atoms with Crippen LogP contribution in [0.25, 0.3) is 0 Å². The Kier molecular flexibility index (Phi) is 3.59. The molecule has 0 aliphatic carbocycles. The summed E-state index contributed by atoms with van der Waals surface area (Å²) in [6, 6.07) is 0. The summed E-state index contributed by atoms with van der Waals surface area (Å²) in [7, 11) is 0. The van der Waals surface area contributed by atoms with Crippen molar-refractivity contribution in [2.24, 2.45) is 0 Å². The molecule has 0 N–H and O–H groups in total. The van der Waals surface area contributed by atoms with Gasteiger partial charge < -0.3 is 4.74 Å². The normalized spacial score (nSPS) is 14.2. The summed E-state index contributed by atoms with van der Waals surface area (Å²) < 4.78 is 17.5. The molecule has 1 unspecified atom stereocenters. The monoisotopic (exact) mass is 158 g/mol. The van der Waals surface area contributed by atoms with E-state index in [9.17, 15) is 9.18 Å². The smallest absolute Gasteiger partial charge is 0.356 e. The molecule has 0 aliphatic heterocycles. The average molecular weight is 158 g/mol. The highest BCUT2D eigenvalue weighted by Crippen LogP contribution is 2.10. The Morgan fingerprint density at radius 3 is 2.64 bits per heavy atom. The molecule has 0 aromatic heterocycles. The van der Waals surface area contributed by atoms with Gasteiger partial charge in [-0.05, 0) is 20.8 Å². The van der Waals surface area contributed by atoms with Gasteiger partial charge in [-0.25, -0.2) is 9.18 Å². The van der Waals surface area contributed by atoms with E-state index in [1.165, 1.54) is 6.92 Å². The standard InChI is InChI=1S/C8H11FO2/c1-4-6-8(3,9)7(10)11-5-2/h5H2,1-3H3. The van der Waals surface area contributed by atoms with Gasteiger partial charge >= 0.3 is 5.97 Å². The van der Waals surface area contributed by atoms with Gasteiger partial charge in [-0.15, -0.1) is 5.92 Å². The topological polar surface area (TPSA) is 26.3 Å². The molecule has 0 amide bonds. The third-order valence-corrected chi connectivity index (χ3v) is 1.02. The number of halogens is 1. The lowest BCUT2D eigenvalue weighted by molar-refractivity contribution is -0.152. The van der Waals surface area contributed by atoms with Gasteiger partial charge in [0.1, 0.15) is 0 Å². The lowest BCUT2D eigenvalue weighted by atomic mass is 10.1. The molecule has 62 valence electrons. The predicted octanol–water partition coefficient (Wildman–Crippen LogP) is 1.30. The minimum Gasteiger partial charge on any atom is -0.463 e. The summed E-state index contributed by atoms with van der Waals surface area (Å²) in [5, 5.41) is 0. The van der Waals surface area contributed by atoms with Crippen LogP contribution in [0.2, 0.25) is 0 Å². The first kappa shape index (κ1) is 9.96. The van der Waals surface area contributed by atoms with Crippen LogP contribution in [0.5, 0.6) is 0 Å². The van der Waals surface area contributed by atoms with Crippen molar-refractivity contribution >= 4 is 5.97 Å². The van der Waals surface area contributed by atoms with Gasteiger partial charge in [-0.1, -0.05) is 5.92 Å². The number of esters is 1. The fourth-order valence-electron chi connectivity index (χ4n) is 0.552. The van der Waals surface area contributed by atoms with E-state index < -0.39 is 11.6 Å². The number of hydrogen-bond acceptors (Lipinski definition) is 2. The quantitative estimate of drug-likeness (QED) is 0.447. The second-order valence-corrected chi connectivity index (χ2v) is 2.10. The first-order valence-corrected chi connectivity index (χ1v) is 3.34. The molecule has 0 heterocycles. The van der Waals surface area contributed by atoms with E-state index >= 15 is 0 Å². The van der Waals surface area contributed by atoms with Crippen molar-refractivity contribution in [3.63, 3.8) is 0 Å². The summed E-state index contributed by atoms with van der Waals surface area (Å²) in [5.41, 5.74) is -2.16.